The first-order valence-electron chi connectivity index (χ1n) is 3.74. The van der Waals surface area contributed by atoms with E-state index in [2.05, 4.69) is 15.2 Å². The summed E-state index contributed by atoms with van der Waals surface area (Å²) in [6.07, 6.45) is 5.98. The van der Waals surface area contributed by atoms with Crippen molar-refractivity contribution in [3.63, 3.8) is 0 Å². The standard InChI is InChI=1S/C8H7N5/c9-6-7-8(2-1-3-10-7)13-11-4-5-12-13/h1-6,9H. The third kappa shape index (κ3) is 1.31. The highest BCUT2D eigenvalue weighted by molar-refractivity contribution is 5.79. The summed E-state index contributed by atoms with van der Waals surface area (Å²) >= 11 is 0. The molecule has 0 saturated heterocycles. The Morgan fingerprint density at radius 1 is 1.23 bits per heavy atom. The van der Waals surface area contributed by atoms with Crippen molar-refractivity contribution in [2.24, 2.45) is 0 Å². The van der Waals surface area contributed by atoms with Crippen molar-refractivity contribution in [1.82, 2.24) is 20.0 Å². The van der Waals surface area contributed by atoms with Crippen molar-refractivity contribution in [3.05, 3.63) is 36.4 Å². The van der Waals surface area contributed by atoms with Gasteiger partial charge in [-0.25, -0.2) is 0 Å². The van der Waals surface area contributed by atoms with E-state index in [0.29, 0.717) is 11.4 Å². The molecule has 2 heterocycles. The number of pyridine rings is 1. The minimum atomic E-state index is 0.554. The van der Waals surface area contributed by atoms with Crippen molar-refractivity contribution >= 4 is 6.21 Å². The second-order valence-corrected chi connectivity index (χ2v) is 2.37. The van der Waals surface area contributed by atoms with Gasteiger partial charge < -0.3 is 5.41 Å². The Kier molecular flexibility index (Phi) is 1.84. The first-order chi connectivity index (χ1) is 6.42. The van der Waals surface area contributed by atoms with Crippen LogP contribution in [0.4, 0.5) is 0 Å². The largest absolute Gasteiger partial charge is 0.306 e. The number of nitrogens with zero attached hydrogens (tertiary/aromatic N) is 4. The van der Waals surface area contributed by atoms with Gasteiger partial charge in [0.25, 0.3) is 0 Å². The molecule has 0 fully saturated rings. The van der Waals surface area contributed by atoms with Gasteiger partial charge in [0.15, 0.2) is 0 Å². The highest BCUT2D eigenvalue weighted by Crippen LogP contribution is 2.05. The third-order valence-corrected chi connectivity index (χ3v) is 1.59. The van der Waals surface area contributed by atoms with E-state index in [0.717, 1.165) is 0 Å². The molecular weight excluding hydrogens is 166 g/mol. The van der Waals surface area contributed by atoms with Gasteiger partial charge in [0, 0.05) is 12.4 Å². The van der Waals surface area contributed by atoms with Crippen LogP contribution < -0.4 is 0 Å². The van der Waals surface area contributed by atoms with Crippen molar-refractivity contribution in [3.8, 4) is 5.69 Å². The first kappa shape index (κ1) is 7.60. The van der Waals surface area contributed by atoms with Gasteiger partial charge in [0.1, 0.15) is 11.4 Å². The number of aromatic nitrogens is 4. The summed E-state index contributed by atoms with van der Waals surface area (Å²) < 4.78 is 0. The van der Waals surface area contributed by atoms with E-state index in [-0.39, 0.29) is 0 Å². The maximum absolute atomic E-state index is 7.13. The van der Waals surface area contributed by atoms with Crippen LogP contribution in [0.15, 0.2) is 30.7 Å². The molecule has 0 spiro atoms. The number of hydrogen-bond acceptors (Lipinski definition) is 4. The van der Waals surface area contributed by atoms with Crippen LogP contribution in [-0.2, 0) is 0 Å². The second kappa shape index (κ2) is 3.14. The van der Waals surface area contributed by atoms with E-state index >= 15 is 0 Å². The van der Waals surface area contributed by atoms with Gasteiger partial charge in [-0.05, 0) is 12.1 Å². The maximum Gasteiger partial charge on any atom is 0.113 e. The molecule has 13 heavy (non-hydrogen) atoms. The number of hydrogen-bond donors (Lipinski definition) is 1. The lowest BCUT2D eigenvalue weighted by atomic mass is 10.3. The molecule has 0 aliphatic carbocycles. The lowest BCUT2D eigenvalue weighted by Crippen LogP contribution is -2.03. The SMILES string of the molecule is N=Cc1ncccc1-n1nccn1. The highest BCUT2D eigenvalue weighted by atomic mass is 15.5. The van der Waals surface area contributed by atoms with Gasteiger partial charge >= 0.3 is 0 Å². The Labute approximate surface area is 74.6 Å². The molecule has 0 aliphatic rings. The van der Waals surface area contributed by atoms with Crippen LogP contribution in [0.3, 0.4) is 0 Å². The fourth-order valence-electron chi connectivity index (χ4n) is 1.03. The van der Waals surface area contributed by atoms with Crippen LogP contribution in [-0.4, -0.2) is 26.2 Å². The lowest BCUT2D eigenvalue weighted by molar-refractivity contribution is 0.747. The molecule has 2 aromatic rings. The summed E-state index contributed by atoms with van der Waals surface area (Å²) in [5.74, 6) is 0. The Bertz CT molecular complexity index is 406. The molecule has 0 aromatic carbocycles. The molecule has 0 bridgehead atoms. The summed E-state index contributed by atoms with van der Waals surface area (Å²) in [5, 5.41) is 15.0. The van der Waals surface area contributed by atoms with Crippen LogP contribution in [0.1, 0.15) is 5.69 Å². The minimum absolute atomic E-state index is 0.554. The molecule has 2 aromatic heterocycles. The highest BCUT2D eigenvalue weighted by Gasteiger charge is 2.02. The van der Waals surface area contributed by atoms with E-state index < -0.39 is 0 Å². The number of rotatable bonds is 2. The third-order valence-electron chi connectivity index (χ3n) is 1.59. The van der Waals surface area contributed by atoms with Crippen LogP contribution >= 0.6 is 0 Å². The predicted octanol–water partition coefficient (Wildman–Crippen LogP) is 0.660. The van der Waals surface area contributed by atoms with Gasteiger partial charge in [-0.3, -0.25) is 4.98 Å². The van der Waals surface area contributed by atoms with Crippen molar-refractivity contribution in [1.29, 1.82) is 5.41 Å². The molecule has 0 aliphatic heterocycles. The molecule has 0 unspecified atom stereocenters. The Morgan fingerprint density at radius 3 is 2.69 bits per heavy atom. The quantitative estimate of drug-likeness (QED) is 0.678. The summed E-state index contributed by atoms with van der Waals surface area (Å²) in [6, 6.07) is 3.60. The molecule has 0 radical (unpaired) electrons. The second-order valence-electron chi connectivity index (χ2n) is 2.37. The molecule has 64 valence electrons. The molecule has 1 N–H and O–H groups in total. The maximum atomic E-state index is 7.13. The molecular formula is C8H7N5. The van der Waals surface area contributed by atoms with E-state index in [4.69, 9.17) is 5.41 Å². The molecule has 5 nitrogen and oxygen atoms in total. The van der Waals surface area contributed by atoms with Crippen LogP contribution in [0.5, 0.6) is 0 Å². The van der Waals surface area contributed by atoms with Crippen LogP contribution in [0, 0.1) is 5.41 Å². The first-order valence-corrected chi connectivity index (χ1v) is 3.74. The van der Waals surface area contributed by atoms with E-state index in [1.165, 1.54) is 11.0 Å². The Morgan fingerprint density at radius 2 is 2.00 bits per heavy atom. The average molecular weight is 173 g/mol. The van der Waals surface area contributed by atoms with Crippen LogP contribution in [0.25, 0.3) is 5.69 Å². The van der Waals surface area contributed by atoms with E-state index in [1.54, 1.807) is 24.7 Å². The molecule has 5 heteroatoms. The number of nitrogens with one attached hydrogen (secondary N) is 1. The zero-order chi connectivity index (χ0) is 9.10. The molecule has 2 rings (SSSR count). The Balaban J connectivity index is 2.57. The van der Waals surface area contributed by atoms with Gasteiger partial charge in [-0.1, -0.05) is 0 Å². The van der Waals surface area contributed by atoms with Crippen LogP contribution in [0.2, 0.25) is 0 Å². The fraction of sp³-hybridized carbons (Fsp3) is 0. The molecule has 0 amide bonds. The van der Waals surface area contributed by atoms with E-state index in [9.17, 15) is 0 Å². The van der Waals surface area contributed by atoms with E-state index in [1.807, 2.05) is 6.07 Å². The van der Waals surface area contributed by atoms with Gasteiger partial charge in [-0.2, -0.15) is 10.2 Å². The zero-order valence-corrected chi connectivity index (χ0v) is 6.75. The summed E-state index contributed by atoms with van der Waals surface area (Å²) in [6.45, 7) is 0. The summed E-state index contributed by atoms with van der Waals surface area (Å²) in [4.78, 5) is 5.45. The predicted molar refractivity (Wildman–Crippen MR) is 47.0 cm³/mol. The zero-order valence-electron chi connectivity index (χ0n) is 6.75. The van der Waals surface area contributed by atoms with Crippen molar-refractivity contribution in [2.75, 3.05) is 0 Å². The van der Waals surface area contributed by atoms with Gasteiger partial charge in [0.2, 0.25) is 0 Å². The summed E-state index contributed by atoms with van der Waals surface area (Å²) in [5.41, 5.74) is 1.27. The van der Waals surface area contributed by atoms with Gasteiger partial charge in [0.05, 0.1) is 12.4 Å². The molecule has 0 atom stereocenters. The fourth-order valence-corrected chi connectivity index (χ4v) is 1.03. The molecule has 0 saturated carbocycles. The summed E-state index contributed by atoms with van der Waals surface area (Å²) in [7, 11) is 0. The lowest BCUT2D eigenvalue weighted by Gasteiger charge is -2.00. The Hall–Kier alpha value is -2.04. The topological polar surface area (TPSA) is 67.5 Å². The van der Waals surface area contributed by atoms with Crippen molar-refractivity contribution < 1.29 is 0 Å². The monoisotopic (exact) mass is 173 g/mol. The minimum Gasteiger partial charge on any atom is -0.306 e. The average Bonchev–Trinajstić information content (AvgIpc) is 2.70. The normalized spacial score (nSPS) is 9.85. The smallest absolute Gasteiger partial charge is 0.113 e. The van der Waals surface area contributed by atoms with Gasteiger partial charge in [-0.15, -0.1) is 4.80 Å². The van der Waals surface area contributed by atoms with Crippen molar-refractivity contribution in [2.45, 2.75) is 0 Å².